The Bertz CT molecular complexity index is 1400. The van der Waals surface area contributed by atoms with Gasteiger partial charge in [0, 0.05) is 56.7 Å². The summed E-state index contributed by atoms with van der Waals surface area (Å²) in [6.45, 7) is 2.01. The standard InChI is InChI=1S/C20H20N10O.ClH/c1-12-13(14-6-9-29(3)26-14)11-30-16(12)17(25-20-22-7-5-15(23-20)31-4)24-18(27-30)19-21-8-10-28(19)2;/h5-11H,1-4H3,(H,22,23,24,25,27);1H. The maximum Gasteiger partial charge on any atom is 0.231 e. The minimum absolute atomic E-state index is 0. The van der Waals surface area contributed by atoms with Gasteiger partial charge < -0.3 is 14.6 Å². The average Bonchev–Trinajstić information content (AvgIpc) is 3.47. The molecule has 0 fully saturated rings. The van der Waals surface area contributed by atoms with Gasteiger partial charge in [-0.1, -0.05) is 0 Å². The summed E-state index contributed by atoms with van der Waals surface area (Å²) in [5.74, 6) is 2.48. The Morgan fingerprint density at radius 3 is 2.53 bits per heavy atom. The summed E-state index contributed by atoms with van der Waals surface area (Å²) >= 11 is 0. The molecule has 5 rings (SSSR count). The van der Waals surface area contributed by atoms with E-state index in [-0.39, 0.29) is 12.4 Å². The van der Waals surface area contributed by atoms with Crippen LogP contribution in [0.3, 0.4) is 0 Å². The monoisotopic (exact) mass is 452 g/mol. The largest absolute Gasteiger partial charge is 0.481 e. The molecule has 0 aliphatic heterocycles. The van der Waals surface area contributed by atoms with Crippen molar-refractivity contribution in [2.75, 3.05) is 12.4 Å². The molecule has 0 aliphatic rings. The molecule has 5 heterocycles. The van der Waals surface area contributed by atoms with Crippen LogP contribution in [0, 0.1) is 6.92 Å². The first-order valence-electron chi connectivity index (χ1n) is 9.55. The van der Waals surface area contributed by atoms with E-state index in [2.05, 4.69) is 25.4 Å². The van der Waals surface area contributed by atoms with Crippen molar-refractivity contribution in [2.45, 2.75) is 6.92 Å². The fourth-order valence-electron chi connectivity index (χ4n) is 3.43. The van der Waals surface area contributed by atoms with Crippen molar-refractivity contribution in [1.29, 1.82) is 0 Å². The fourth-order valence-corrected chi connectivity index (χ4v) is 3.43. The number of rotatable bonds is 5. The molecular formula is C20H21ClN10O. The number of ether oxygens (including phenoxy) is 1. The molecular weight excluding hydrogens is 432 g/mol. The maximum absolute atomic E-state index is 5.21. The van der Waals surface area contributed by atoms with Crippen molar-refractivity contribution in [1.82, 2.24) is 43.9 Å². The van der Waals surface area contributed by atoms with Crippen molar-refractivity contribution < 1.29 is 4.74 Å². The number of nitrogens with one attached hydrogen (secondary N) is 1. The summed E-state index contributed by atoms with van der Waals surface area (Å²) in [5, 5.41) is 12.5. The van der Waals surface area contributed by atoms with E-state index < -0.39 is 0 Å². The molecule has 5 aromatic rings. The third kappa shape index (κ3) is 3.62. The van der Waals surface area contributed by atoms with E-state index in [9.17, 15) is 0 Å². The molecule has 0 radical (unpaired) electrons. The summed E-state index contributed by atoms with van der Waals surface area (Å²) in [6.07, 6.45) is 9.03. The number of nitrogens with zero attached hydrogens (tertiary/aromatic N) is 9. The highest BCUT2D eigenvalue weighted by Gasteiger charge is 2.20. The normalized spacial score (nSPS) is 10.9. The Kier molecular flexibility index (Phi) is 5.49. The molecule has 12 heteroatoms. The van der Waals surface area contributed by atoms with Gasteiger partial charge in [0.15, 0.2) is 11.6 Å². The number of halogens is 1. The zero-order chi connectivity index (χ0) is 21.5. The topological polar surface area (TPSA) is 113 Å². The number of methoxy groups -OCH3 is 1. The summed E-state index contributed by atoms with van der Waals surface area (Å²) in [5.41, 5.74) is 3.59. The van der Waals surface area contributed by atoms with Crippen molar-refractivity contribution in [3.8, 4) is 28.8 Å². The van der Waals surface area contributed by atoms with Crippen LogP contribution in [0.15, 0.2) is 43.1 Å². The van der Waals surface area contributed by atoms with Crippen LogP contribution in [-0.4, -0.2) is 51.0 Å². The number of imidazole rings is 1. The zero-order valence-electron chi connectivity index (χ0n) is 17.9. The number of anilines is 2. The highest BCUT2D eigenvalue weighted by Crippen LogP contribution is 2.32. The van der Waals surface area contributed by atoms with Crippen molar-refractivity contribution in [3.63, 3.8) is 0 Å². The van der Waals surface area contributed by atoms with Crippen LogP contribution >= 0.6 is 12.4 Å². The average molecular weight is 453 g/mol. The third-order valence-electron chi connectivity index (χ3n) is 4.96. The van der Waals surface area contributed by atoms with Gasteiger partial charge >= 0.3 is 0 Å². The first-order chi connectivity index (χ1) is 15.0. The lowest BCUT2D eigenvalue weighted by molar-refractivity contribution is 0.397. The number of aryl methyl sites for hydroxylation is 3. The van der Waals surface area contributed by atoms with E-state index in [4.69, 9.17) is 14.8 Å². The van der Waals surface area contributed by atoms with E-state index in [0.29, 0.717) is 29.3 Å². The van der Waals surface area contributed by atoms with Crippen LogP contribution in [0.25, 0.3) is 28.4 Å². The summed E-state index contributed by atoms with van der Waals surface area (Å²) < 4.78 is 10.6. The van der Waals surface area contributed by atoms with Crippen LogP contribution < -0.4 is 10.1 Å². The quantitative estimate of drug-likeness (QED) is 0.433. The molecule has 5 aromatic heterocycles. The third-order valence-corrected chi connectivity index (χ3v) is 4.96. The molecule has 164 valence electrons. The predicted octanol–water partition coefficient (Wildman–Crippen LogP) is 2.80. The van der Waals surface area contributed by atoms with Crippen LogP contribution in [0.5, 0.6) is 5.88 Å². The Labute approximate surface area is 189 Å². The van der Waals surface area contributed by atoms with Gasteiger partial charge in [0.25, 0.3) is 0 Å². The highest BCUT2D eigenvalue weighted by atomic mass is 35.5. The first kappa shape index (κ1) is 21.2. The molecule has 0 bridgehead atoms. The predicted molar refractivity (Wildman–Crippen MR) is 121 cm³/mol. The van der Waals surface area contributed by atoms with Gasteiger partial charge in [0.1, 0.15) is 5.52 Å². The van der Waals surface area contributed by atoms with E-state index in [1.165, 1.54) is 0 Å². The maximum atomic E-state index is 5.21. The van der Waals surface area contributed by atoms with E-state index in [1.54, 1.807) is 34.8 Å². The molecule has 0 aliphatic carbocycles. The second kappa shape index (κ2) is 8.27. The van der Waals surface area contributed by atoms with Crippen LogP contribution in [0.1, 0.15) is 5.56 Å². The fraction of sp³-hybridized carbons (Fsp3) is 0.200. The second-order valence-electron chi connectivity index (χ2n) is 7.03. The minimum atomic E-state index is 0. The van der Waals surface area contributed by atoms with Gasteiger partial charge in [-0.05, 0) is 18.6 Å². The van der Waals surface area contributed by atoms with Crippen molar-refractivity contribution in [3.05, 3.63) is 48.7 Å². The van der Waals surface area contributed by atoms with Crippen molar-refractivity contribution in [2.24, 2.45) is 14.1 Å². The number of fused-ring (bicyclic) bond motifs is 1. The van der Waals surface area contributed by atoms with E-state index in [1.807, 2.05) is 50.2 Å². The molecule has 32 heavy (non-hydrogen) atoms. The molecule has 0 amide bonds. The van der Waals surface area contributed by atoms with Gasteiger partial charge in [0.2, 0.25) is 17.7 Å². The molecule has 0 unspecified atom stereocenters. The molecule has 0 atom stereocenters. The highest BCUT2D eigenvalue weighted by molar-refractivity contribution is 5.85. The first-order valence-corrected chi connectivity index (χ1v) is 9.55. The zero-order valence-corrected chi connectivity index (χ0v) is 18.7. The second-order valence-corrected chi connectivity index (χ2v) is 7.03. The summed E-state index contributed by atoms with van der Waals surface area (Å²) in [4.78, 5) is 17.8. The van der Waals surface area contributed by atoms with E-state index >= 15 is 0 Å². The Morgan fingerprint density at radius 1 is 1.00 bits per heavy atom. The van der Waals surface area contributed by atoms with Gasteiger partial charge in [-0.25, -0.2) is 19.5 Å². The summed E-state index contributed by atoms with van der Waals surface area (Å²) in [6, 6.07) is 3.65. The number of hydrogen-bond donors (Lipinski definition) is 1. The number of aromatic nitrogens is 9. The summed E-state index contributed by atoms with van der Waals surface area (Å²) in [7, 11) is 5.35. The minimum Gasteiger partial charge on any atom is -0.481 e. The Morgan fingerprint density at radius 2 is 1.84 bits per heavy atom. The molecule has 1 N–H and O–H groups in total. The van der Waals surface area contributed by atoms with Gasteiger partial charge in [-0.15, -0.1) is 17.5 Å². The molecule has 0 spiro atoms. The lowest BCUT2D eigenvalue weighted by Crippen LogP contribution is -2.07. The molecule has 0 saturated carbocycles. The smallest absolute Gasteiger partial charge is 0.231 e. The molecule has 0 saturated heterocycles. The van der Waals surface area contributed by atoms with Crippen LogP contribution in [0.2, 0.25) is 0 Å². The van der Waals surface area contributed by atoms with Gasteiger partial charge in [0.05, 0.1) is 12.8 Å². The SMILES string of the molecule is COc1ccnc(Nc2nc(-c3nccn3C)nn3cc(-c4ccn(C)n4)c(C)c23)n1.Cl. The van der Waals surface area contributed by atoms with Gasteiger partial charge in [-0.2, -0.15) is 10.1 Å². The Hall–Kier alpha value is -3.99. The van der Waals surface area contributed by atoms with Crippen LogP contribution in [0.4, 0.5) is 11.8 Å². The van der Waals surface area contributed by atoms with Crippen LogP contribution in [-0.2, 0) is 14.1 Å². The molecule has 11 nitrogen and oxygen atoms in total. The van der Waals surface area contributed by atoms with E-state index in [0.717, 1.165) is 22.3 Å². The molecule has 0 aromatic carbocycles. The lowest BCUT2D eigenvalue weighted by Gasteiger charge is -2.10. The number of hydrogen-bond acceptors (Lipinski definition) is 8. The Balaban J connectivity index is 0.00000245. The lowest BCUT2D eigenvalue weighted by atomic mass is 10.1. The van der Waals surface area contributed by atoms with Gasteiger partial charge in [-0.3, -0.25) is 4.68 Å². The van der Waals surface area contributed by atoms with Crippen molar-refractivity contribution >= 4 is 29.7 Å².